The van der Waals surface area contributed by atoms with Crippen LogP contribution in [0.25, 0.3) is 0 Å². The Balaban J connectivity index is 2.08. The monoisotopic (exact) mass is 284 g/mol. The molecule has 3 rings (SSSR count). The van der Waals surface area contributed by atoms with Crippen LogP contribution in [0.2, 0.25) is 0 Å². The Labute approximate surface area is 129 Å². The molecule has 0 saturated heterocycles. The summed E-state index contributed by atoms with van der Waals surface area (Å²) in [6.07, 6.45) is 6.70. The number of aromatic hydroxyl groups is 1. The van der Waals surface area contributed by atoms with E-state index in [4.69, 9.17) is 0 Å². The molecule has 2 bridgehead atoms. The molecule has 0 amide bonds. The molecule has 3 atom stereocenters. The Hall–Kier alpha value is -1.24. The minimum atomic E-state index is 0.314. The van der Waals surface area contributed by atoms with Gasteiger partial charge in [0.2, 0.25) is 0 Å². The number of fused-ring (bicyclic) bond motifs is 2. The minimum Gasteiger partial charge on any atom is -0.507 e. The normalized spacial score (nSPS) is 33.3. The van der Waals surface area contributed by atoms with Crippen molar-refractivity contribution in [3.63, 3.8) is 0 Å². The molecular weight excluding hydrogens is 256 g/mol. The van der Waals surface area contributed by atoms with Crippen molar-refractivity contribution in [1.29, 1.82) is 0 Å². The molecule has 1 aromatic rings. The highest BCUT2D eigenvalue weighted by atomic mass is 16.3. The lowest BCUT2D eigenvalue weighted by Crippen LogP contribution is -2.31. The standard InChI is InChI=1S/C20H28O/c1-6-7-14-10-13(2)18(21)16(11-14)17-12-15-8-9-20(17,5)19(15,3)4/h6,10-11,15,17,21H,1,7-9,12H2,2-5H3. The molecule has 2 aliphatic carbocycles. The number of aryl methyl sites for hydroxylation is 1. The van der Waals surface area contributed by atoms with Gasteiger partial charge in [0.1, 0.15) is 5.75 Å². The van der Waals surface area contributed by atoms with Crippen molar-refractivity contribution >= 4 is 0 Å². The second kappa shape index (κ2) is 4.63. The fourth-order valence-electron chi connectivity index (χ4n) is 5.11. The Morgan fingerprint density at radius 2 is 2.05 bits per heavy atom. The molecule has 1 nitrogen and oxygen atoms in total. The van der Waals surface area contributed by atoms with Crippen molar-refractivity contribution in [3.05, 3.63) is 41.5 Å². The third-order valence-corrected chi connectivity index (χ3v) is 6.94. The van der Waals surface area contributed by atoms with Crippen LogP contribution in [0.15, 0.2) is 24.8 Å². The summed E-state index contributed by atoms with van der Waals surface area (Å²) in [5.41, 5.74) is 4.17. The van der Waals surface area contributed by atoms with Crippen LogP contribution >= 0.6 is 0 Å². The lowest BCUT2D eigenvalue weighted by Gasteiger charge is -2.40. The van der Waals surface area contributed by atoms with Gasteiger partial charge in [-0.05, 0) is 72.0 Å². The average Bonchev–Trinajstić information content (AvgIpc) is 2.75. The molecule has 0 aromatic heterocycles. The van der Waals surface area contributed by atoms with Gasteiger partial charge in [-0.25, -0.2) is 0 Å². The van der Waals surface area contributed by atoms with Crippen LogP contribution in [0.3, 0.4) is 0 Å². The predicted octanol–water partition coefficient (Wildman–Crippen LogP) is 5.36. The molecule has 3 unspecified atom stereocenters. The predicted molar refractivity (Wildman–Crippen MR) is 88.7 cm³/mol. The van der Waals surface area contributed by atoms with Crippen LogP contribution in [-0.4, -0.2) is 5.11 Å². The first-order valence-electron chi connectivity index (χ1n) is 8.24. The topological polar surface area (TPSA) is 20.2 Å². The van der Waals surface area contributed by atoms with E-state index in [1.165, 1.54) is 30.4 Å². The SMILES string of the molecule is C=CCc1cc(C)c(O)c(C2CC3CCC2(C)C3(C)C)c1. The number of phenolic OH excluding ortho intramolecular Hbond substituents is 1. The van der Waals surface area contributed by atoms with Gasteiger partial charge >= 0.3 is 0 Å². The number of allylic oxidation sites excluding steroid dienone is 1. The second-order valence-electron chi connectivity index (χ2n) is 8.01. The molecule has 1 N–H and O–H groups in total. The first kappa shape index (κ1) is 14.7. The van der Waals surface area contributed by atoms with Crippen molar-refractivity contribution in [2.45, 2.75) is 59.3 Å². The van der Waals surface area contributed by atoms with Crippen molar-refractivity contribution in [1.82, 2.24) is 0 Å². The van der Waals surface area contributed by atoms with E-state index in [2.05, 4.69) is 39.5 Å². The summed E-state index contributed by atoms with van der Waals surface area (Å²) in [5.74, 6) is 1.82. The highest BCUT2D eigenvalue weighted by Crippen LogP contribution is 2.71. The highest BCUT2D eigenvalue weighted by molar-refractivity contribution is 5.47. The van der Waals surface area contributed by atoms with Crippen molar-refractivity contribution in [2.75, 3.05) is 0 Å². The summed E-state index contributed by atoms with van der Waals surface area (Å²) in [6.45, 7) is 13.2. The summed E-state index contributed by atoms with van der Waals surface area (Å²) < 4.78 is 0. The summed E-state index contributed by atoms with van der Waals surface area (Å²) in [5, 5.41) is 10.6. The third kappa shape index (κ3) is 1.89. The number of phenols is 1. The van der Waals surface area contributed by atoms with Crippen LogP contribution in [0.5, 0.6) is 5.75 Å². The maximum atomic E-state index is 10.6. The molecule has 0 aliphatic heterocycles. The Bertz CT molecular complexity index is 584. The maximum Gasteiger partial charge on any atom is 0.121 e. The van der Waals surface area contributed by atoms with Crippen LogP contribution in [0, 0.1) is 23.7 Å². The molecule has 2 fully saturated rings. The van der Waals surface area contributed by atoms with Gasteiger partial charge in [-0.1, -0.05) is 39.0 Å². The molecule has 114 valence electrons. The van der Waals surface area contributed by atoms with E-state index in [0.29, 0.717) is 22.5 Å². The fraction of sp³-hybridized carbons (Fsp3) is 0.600. The van der Waals surface area contributed by atoms with Crippen LogP contribution < -0.4 is 0 Å². The molecule has 2 aliphatic rings. The van der Waals surface area contributed by atoms with Gasteiger partial charge in [-0.15, -0.1) is 6.58 Å². The molecule has 0 spiro atoms. The largest absolute Gasteiger partial charge is 0.507 e. The molecular formula is C20H28O. The quantitative estimate of drug-likeness (QED) is 0.741. The zero-order valence-electron chi connectivity index (χ0n) is 13.9. The van der Waals surface area contributed by atoms with Crippen molar-refractivity contribution < 1.29 is 5.11 Å². The molecule has 1 heteroatoms. The smallest absolute Gasteiger partial charge is 0.121 e. The third-order valence-electron chi connectivity index (χ3n) is 6.94. The van der Waals surface area contributed by atoms with Crippen LogP contribution in [-0.2, 0) is 6.42 Å². The first-order valence-corrected chi connectivity index (χ1v) is 8.24. The van der Waals surface area contributed by atoms with Gasteiger partial charge in [-0.2, -0.15) is 0 Å². The van der Waals surface area contributed by atoms with E-state index in [9.17, 15) is 5.11 Å². The van der Waals surface area contributed by atoms with Crippen LogP contribution in [0.4, 0.5) is 0 Å². The number of benzene rings is 1. The maximum absolute atomic E-state index is 10.6. The first-order chi connectivity index (χ1) is 9.81. The van der Waals surface area contributed by atoms with Crippen molar-refractivity contribution in [3.8, 4) is 5.75 Å². The van der Waals surface area contributed by atoms with Gasteiger partial charge in [0.15, 0.2) is 0 Å². The molecule has 1 aromatic carbocycles. The Morgan fingerprint density at radius 1 is 1.33 bits per heavy atom. The lowest BCUT2D eigenvalue weighted by molar-refractivity contribution is 0.133. The molecule has 0 radical (unpaired) electrons. The second-order valence-corrected chi connectivity index (χ2v) is 8.01. The molecule has 0 heterocycles. The van der Waals surface area contributed by atoms with E-state index in [0.717, 1.165) is 17.9 Å². The van der Waals surface area contributed by atoms with E-state index in [-0.39, 0.29) is 0 Å². The number of hydrogen-bond acceptors (Lipinski definition) is 1. The average molecular weight is 284 g/mol. The number of hydrogen-bond donors (Lipinski definition) is 1. The van der Waals surface area contributed by atoms with Gasteiger partial charge in [0, 0.05) is 0 Å². The van der Waals surface area contributed by atoms with E-state index < -0.39 is 0 Å². The van der Waals surface area contributed by atoms with Crippen molar-refractivity contribution in [2.24, 2.45) is 16.7 Å². The Morgan fingerprint density at radius 3 is 2.57 bits per heavy atom. The van der Waals surface area contributed by atoms with Gasteiger partial charge in [0.05, 0.1) is 0 Å². The zero-order valence-corrected chi connectivity index (χ0v) is 13.9. The molecule has 21 heavy (non-hydrogen) atoms. The van der Waals surface area contributed by atoms with Gasteiger partial charge < -0.3 is 5.11 Å². The van der Waals surface area contributed by atoms with Gasteiger partial charge in [0.25, 0.3) is 0 Å². The summed E-state index contributed by atoms with van der Waals surface area (Å²) in [4.78, 5) is 0. The van der Waals surface area contributed by atoms with E-state index >= 15 is 0 Å². The number of rotatable bonds is 3. The summed E-state index contributed by atoms with van der Waals surface area (Å²) >= 11 is 0. The lowest BCUT2D eigenvalue weighted by atomic mass is 9.64. The van der Waals surface area contributed by atoms with Crippen LogP contribution in [0.1, 0.15) is 62.6 Å². The van der Waals surface area contributed by atoms with E-state index in [1.807, 2.05) is 13.0 Å². The highest BCUT2D eigenvalue weighted by Gasteiger charge is 2.61. The summed E-state index contributed by atoms with van der Waals surface area (Å²) in [6, 6.07) is 4.33. The van der Waals surface area contributed by atoms with Gasteiger partial charge in [-0.3, -0.25) is 0 Å². The summed E-state index contributed by atoms with van der Waals surface area (Å²) in [7, 11) is 0. The minimum absolute atomic E-state index is 0.314. The fourth-order valence-corrected chi connectivity index (χ4v) is 5.11. The molecule has 2 saturated carbocycles. The zero-order chi connectivity index (χ0) is 15.4. The van der Waals surface area contributed by atoms with E-state index in [1.54, 1.807) is 0 Å². The Kier molecular flexibility index (Phi) is 3.24.